The molecule has 0 saturated carbocycles. The summed E-state index contributed by atoms with van der Waals surface area (Å²) in [6, 6.07) is 9.71. The van der Waals surface area contributed by atoms with Crippen molar-refractivity contribution < 1.29 is 9.53 Å². The number of ether oxygens (including phenoxy) is 1. The Bertz CT molecular complexity index is 638. The largest absolute Gasteiger partial charge is 0.497 e. The van der Waals surface area contributed by atoms with Crippen LogP contribution < -0.4 is 15.4 Å². The lowest BCUT2D eigenvalue weighted by molar-refractivity contribution is -0.122. The number of amides is 1. The van der Waals surface area contributed by atoms with E-state index in [9.17, 15) is 4.79 Å². The zero-order valence-corrected chi connectivity index (χ0v) is 19.6. The molecule has 4 rings (SSSR count). The van der Waals surface area contributed by atoms with Crippen molar-refractivity contribution in [3.05, 3.63) is 29.8 Å². The Morgan fingerprint density at radius 2 is 1.67 bits per heavy atom. The second kappa shape index (κ2) is 12.1. The molecule has 2 bridgehead atoms. The van der Waals surface area contributed by atoms with Crippen LogP contribution in [0.25, 0.3) is 0 Å². The highest BCUT2D eigenvalue weighted by molar-refractivity contribution is 5.85. The number of methoxy groups -OCH3 is 1. The molecule has 2 unspecified atom stereocenters. The summed E-state index contributed by atoms with van der Waals surface area (Å²) in [4.78, 5) is 14.9. The fourth-order valence-electron chi connectivity index (χ4n) is 5.27. The lowest BCUT2D eigenvalue weighted by atomic mass is 9.89. The molecule has 2 N–H and O–H groups in total. The van der Waals surface area contributed by atoms with E-state index in [0.29, 0.717) is 23.9 Å². The molecule has 3 saturated heterocycles. The number of carbonyl (C=O) groups is 1. The molecular formula is C23H37Cl2N3O2. The van der Waals surface area contributed by atoms with Gasteiger partial charge in [0.2, 0.25) is 5.91 Å². The molecule has 2 atom stereocenters. The molecule has 3 aliphatic rings. The Hall–Kier alpha value is -1.01. The van der Waals surface area contributed by atoms with Crippen LogP contribution in [0, 0.1) is 11.8 Å². The summed E-state index contributed by atoms with van der Waals surface area (Å²) in [6.07, 6.45) is 8.06. The smallest absolute Gasteiger partial charge is 0.220 e. The van der Waals surface area contributed by atoms with E-state index in [1.54, 1.807) is 7.11 Å². The maximum Gasteiger partial charge on any atom is 0.220 e. The van der Waals surface area contributed by atoms with Gasteiger partial charge in [0, 0.05) is 31.6 Å². The van der Waals surface area contributed by atoms with E-state index in [4.69, 9.17) is 4.74 Å². The van der Waals surface area contributed by atoms with Crippen LogP contribution in [-0.2, 0) is 11.3 Å². The third-order valence-corrected chi connectivity index (χ3v) is 6.91. The Morgan fingerprint density at radius 1 is 1.03 bits per heavy atom. The van der Waals surface area contributed by atoms with E-state index in [-0.39, 0.29) is 30.7 Å². The summed E-state index contributed by atoms with van der Waals surface area (Å²) >= 11 is 0. The number of hydrogen-bond acceptors (Lipinski definition) is 4. The van der Waals surface area contributed by atoms with E-state index < -0.39 is 0 Å². The van der Waals surface area contributed by atoms with Crippen LogP contribution in [-0.4, -0.2) is 49.6 Å². The monoisotopic (exact) mass is 457 g/mol. The van der Waals surface area contributed by atoms with Crippen LogP contribution >= 0.6 is 24.8 Å². The van der Waals surface area contributed by atoms with Crippen LogP contribution in [0.3, 0.4) is 0 Å². The van der Waals surface area contributed by atoms with E-state index in [1.165, 1.54) is 44.1 Å². The molecule has 1 aromatic carbocycles. The van der Waals surface area contributed by atoms with Gasteiger partial charge in [-0.25, -0.2) is 0 Å². The van der Waals surface area contributed by atoms with Gasteiger partial charge in [-0.15, -0.1) is 24.8 Å². The quantitative estimate of drug-likeness (QED) is 0.653. The van der Waals surface area contributed by atoms with E-state index in [0.717, 1.165) is 38.3 Å². The molecule has 3 heterocycles. The van der Waals surface area contributed by atoms with Crippen molar-refractivity contribution in [1.82, 2.24) is 15.5 Å². The minimum absolute atomic E-state index is 0. The number of benzene rings is 1. The van der Waals surface area contributed by atoms with Gasteiger partial charge in [-0.1, -0.05) is 12.1 Å². The molecule has 3 aliphatic heterocycles. The highest BCUT2D eigenvalue weighted by Gasteiger charge is 2.34. The number of likely N-dealkylation sites (tertiary alicyclic amines) is 1. The zero-order valence-electron chi connectivity index (χ0n) is 18.0. The third kappa shape index (κ3) is 7.01. The van der Waals surface area contributed by atoms with Gasteiger partial charge in [0.1, 0.15) is 5.75 Å². The maximum atomic E-state index is 12.4. The zero-order chi connectivity index (χ0) is 19.3. The highest BCUT2D eigenvalue weighted by Crippen LogP contribution is 2.32. The number of carbonyl (C=O) groups excluding carboxylic acids is 1. The molecule has 5 nitrogen and oxygen atoms in total. The SMILES string of the molecule is COc1ccc(CN2CCC(CNC(=O)CC3CC4CCC(C3)N4)CC2)cc1.Cl.Cl. The first-order chi connectivity index (χ1) is 13.7. The van der Waals surface area contributed by atoms with Gasteiger partial charge >= 0.3 is 0 Å². The standard InChI is InChI=1S/C23H35N3O2.2ClH/c1-28-22-6-2-18(3-7-22)16-26-10-8-17(9-11-26)15-24-23(27)14-19-12-20-4-5-21(13-19)25-20;;/h2-3,6-7,17,19-21,25H,4-5,8-16H2,1H3,(H,24,27);2*1H. The summed E-state index contributed by atoms with van der Waals surface area (Å²) in [5.74, 6) is 2.40. The number of halogens is 2. The van der Waals surface area contributed by atoms with Gasteiger partial charge in [-0.05, 0) is 81.1 Å². The summed E-state index contributed by atoms with van der Waals surface area (Å²) < 4.78 is 5.23. The van der Waals surface area contributed by atoms with Gasteiger partial charge in [0.05, 0.1) is 7.11 Å². The van der Waals surface area contributed by atoms with Crippen LogP contribution in [0.4, 0.5) is 0 Å². The molecule has 30 heavy (non-hydrogen) atoms. The van der Waals surface area contributed by atoms with Gasteiger partial charge in [0.15, 0.2) is 0 Å². The lowest BCUT2D eigenvalue weighted by Gasteiger charge is -2.32. The molecule has 7 heteroatoms. The summed E-state index contributed by atoms with van der Waals surface area (Å²) in [5, 5.41) is 6.90. The van der Waals surface area contributed by atoms with Crippen LogP contribution in [0.2, 0.25) is 0 Å². The Labute approximate surface area is 193 Å². The first-order valence-corrected chi connectivity index (χ1v) is 11.1. The Kier molecular flexibility index (Phi) is 10.2. The van der Waals surface area contributed by atoms with Gasteiger partial charge in [-0.2, -0.15) is 0 Å². The van der Waals surface area contributed by atoms with Crippen molar-refractivity contribution in [2.24, 2.45) is 11.8 Å². The number of nitrogens with zero attached hydrogens (tertiary/aromatic N) is 1. The van der Waals surface area contributed by atoms with Gasteiger partial charge < -0.3 is 15.4 Å². The normalized spacial score (nSPS) is 26.4. The topological polar surface area (TPSA) is 53.6 Å². The molecule has 170 valence electrons. The average molecular weight is 458 g/mol. The number of hydrogen-bond donors (Lipinski definition) is 2. The highest BCUT2D eigenvalue weighted by atomic mass is 35.5. The van der Waals surface area contributed by atoms with Crippen LogP contribution in [0.1, 0.15) is 50.5 Å². The van der Waals surface area contributed by atoms with E-state index in [1.807, 2.05) is 12.1 Å². The summed E-state index contributed by atoms with van der Waals surface area (Å²) in [6.45, 7) is 4.09. The molecular weight excluding hydrogens is 421 g/mol. The van der Waals surface area contributed by atoms with Crippen LogP contribution in [0.5, 0.6) is 5.75 Å². The van der Waals surface area contributed by atoms with Crippen molar-refractivity contribution in [3.8, 4) is 5.75 Å². The molecule has 0 radical (unpaired) electrons. The molecule has 0 spiro atoms. The fourth-order valence-corrected chi connectivity index (χ4v) is 5.27. The lowest BCUT2D eigenvalue weighted by Crippen LogP contribution is -2.41. The Balaban J connectivity index is 0.00000160. The number of piperidine rings is 2. The second-order valence-corrected chi connectivity index (χ2v) is 9.05. The average Bonchev–Trinajstić information content (AvgIpc) is 3.06. The second-order valence-electron chi connectivity index (χ2n) is 9.05. The van der Waals surface area contributed by atoms with Crippen molar-refractivity contribution in [2.45, 2.75) is 63.6 Å². The number of rotatable bonds is 7. The first-order valence-electron chi connectivity index (χ1n) is 11.1. The minimum Gasteiger partial charge on any atom is -0.497 e. The molecule has 1 amide bonds. The van der Waals surface area contributed by atoms with E-state index >= 15 is 0 Å². The first kappa shape index (κ1) is 25.3. The number of nitrogens with one attached hydrogen (secondary N) is 2. The van der Waals surface area contributed by atoms with Crippen molar-refractivity contribution in [3.63, 3.8) is 0 Å². The van der Waals surface area contributed by atoms with E-state index in [2.05, 4.69) is 27.7 Å². The van der Waals surface area contributed by atoms with Crippen LogP contribution in [0.15, 0.2) is 24.3 Å². The van der Waals surface area contributed by atoms with Crippen molar-refractivity contribution in [1.29, 1.82) is 0 Å². The van der Waals surface area contributed by atoms with Gasteiger partial charge in [0.25, 0.3) is 0 Å². The van der Waals surface area contributed by atoms with Crippen molar-refractivity contribution in [2.75, 3.05) is 26.7 Å². The van der Waals surface area contributed by atoms with Crippen molar-refractivity contribution >= 4 is 30.7 Å². The third-order valence-electron chi connectivity index (χ3n) is 6.91. The molecule has 1 aromatic rings. The fraction of sp³-hybridized carbons (Fsp3) is 0.696. The predicted octanol–water partition coefficient (Wildman–Crippen LogP) is 3.79. The molecule has 0 aliphatic carbocycles. The summed E-state index contributed by atoms with van der Waals surface area (Å²) in [5.41, 5.74) is 1.34. The maximum absolute atomic E-state index is 12.4. The Morgan fingerprint density at radius 3 is 2.27 bits per heavy atom. The molecule has 0 aromatic heterocycles. The minimum atomic E-state index is 0. The predicted molar refractivity (Wildman–Crippen MR) is 126 cm³/mol. The number of fused-ring (bicyclic) bond motifs is 2. The van der Waals surface area contributed by atoms with Gasteiger partial charge in [-0.3, -0.25) is 9.69 Å². The molecule has 3 fully saturated rings. The summed E-state index contributed by atoms with van der Waals surface area (Å²) in [7, 11) is 1.70.